The van der Waals surface area contributed by atoms with E-state index in [4.69, 9.17) is 0 Å². The van der Waals surface area contributed by atoms with Gasteiger partial charge in [-0.25, -0.2) is 0 Å². The van der Waals surface area contributed by atoms with Gasteiger partial charge in [-0.1, -0.05) is 22.9 Å². The number of phenolic OH excluding ortho intramolecular Hbond substituents is 1. The Morgan fingerprint density at radius 2 is 2.25 bits per heavy atom. The molecule has 0 saturated heterocycles. The number of nitrogens with one attached hydrogen (secondary N) is 1. The molecule has 2 N–H and O–H groups in total. The van der Waals surface area contributed by atoms with Crippen LogP contribution in [-0.2, 0) is 0 Å². The third kappa shape index (κ3) is 3.23. The second-order valence-corrected chi connectivity index (χ2v) is 4.38. The number of phenols is 1. The number of carbonyl (C=O) groups excluding carboxylic acids is 1. The minimum Gasteiger partial charge on any atom is -0.508 e. The van der Waals surface area contributed by atoms with Crippen LogP contribution in [0.15, 0.2) is 18.2 Å². The van der Waals surface area contributed by atoms with Crippen molar-refractivity contribution < 1.29 is 9.90 Å². The lowest BCUT2D eigenvalue weighted by Crippen LogP contribution is -2.35. The van der Waals surface area contributed by atoms with Gasteiger partial charge in [0.2, 0.25) is 0 Å². The molecule has 1 aromatic carbocycles. The number of benzene rings is 1. The summed E-state index contributed by atoms with van der Waals surface area (Å²) in [6, 6.07) is 4.99. The molecule has 4 heteroatoms. The Bertz CT molecular complexity index is 375. The standard InChI is InChI=1S/C12H16BrNO2/c1-3-10(7-13)14-12(16)9-4-5-11(15)8(2)6-9/h4-6,10,15H,3,7H2,1-2H3,(H,14,16). The van der Waals surface area contributed by atoms with Crippen LogP contribution in [0.25, 0.3) is 0 Å². The molecule has 1 rings (SSSR count). The molecule has 0 heterocycles. The van der Waals surface area contributed by atoms with Crippen molar-refractivity contribution >= 4 is 21.8 Å². The molecule has 0 aliphatic heterocycles. The third-order valence-corrected chi connectivity index (χ3v) is 3.25. The fraction of sp³-hybridized carbons (Fsp3) is 0.417. The second kappa shape index (κ2) is 5.89. The second-order valence-electron chi connectivity index (χ2n) is 3.73. The molecular formula is C12H16BrNO2. The van der Waals surface area contributed by atoms with Crippen molar-refractivity contribution in [2.45, 2.75) is 26.3 Å². The normalized spacial score (nSPS) is 12.2. The summed E-state index contributed by atoms with van der Waals surface area (Å²) in [5, 5.41) is 13.0. The van der Waals surface area contributed by atoms with Crippen molar-refractivity contribution in [2.75, 3.05) is 5.33 Å². The van der Waals surface area contributed by atoms with Crippen LogP contribution in [0.3, 0.4) is 0 Å². The average molecular weight is 286 g/mol. The van der Waals surface area contributed by atoms with Crippen molar-refractivity contribution in [2.24, 2.45) is 0 Å². The van der Waals surface area contributed by atoms with E-state index in [1.807, 2.05) is 6.92 Å². The summed E-state index contributed by atoms with van der Waals surface area (Å²) in [5.74, 6) is 0.110. The average Bonchev–Trinajstić information content (AvgIpc) is 2.29. The van der Waals surface area contributed by atoms with Gasteiger partial charge in [-0.3, -0.25) is 4.79 Å². The summed E-state index contributed by atoms with van der Waals surface area (Å²) >= 11 is 3.35. The number of carbonyl (C=O) groups is 1. The SMILES string of the molecule is CCC(CBr)NC(=O)c1ccc(O)c(C)c1. The highest BCUT2D eigenvalue weighted by Gasteiger charge is 2.11. The van der Waals surface area contributed by atoms with Crippen LogP contribution in [0, 0.1) is 6.92 Å². The Balaban J connectivity index is 2.76. The van der Waals surface area contributed by atoms with E-state index in [0.717, 1.165) is 11.8 Å². The van der Waals surface area contributed by atoms with E-state index in [2.05, 4.69) is 21.2 Å². The highest BCUT2D eigenvalue weighted by Crippen LogP contribution is 2.17. The van der Waals surface area contributed by atoms with Gasteiger partial charge in [0.1, 0.15) is 5.75 Å². The Kier molecular flexibility index (Phi) is 4.80. The lowest BCUT2D eigenvalue weighted by Gasteiger charge is -2.14. The van der Waals surface area contributed by atoms with Gasteiger partial charge >= 0.3 is 0 Å². The zero-order valence-corrected chi connectivity index (χ0v) is 11.0. The Morgan fingerprint density at radius 1 is 1.56 bits per heavy atom. The number of amides is 1. The summed E-state index contributed by atoms with van der Waals surface area (Å²) in [6.07, 6.45) is 0.883. The summed E-state index contributed by atoms with van der Waals surface area (Å²) in [5.41, 5.74) is 1.29. The maximum absolute atomic E-state index is 11.8. The molecule has 0 radical (unpaired) electrons. The molecule has 1 atom stereocenters. The molecule has 0 aromatic heterocycles. The summed E-state index contributed by atoms with van der Waals surface area (Å²) in [6.45, 7) is 3.79. The number of hydrogen-bond donors (Lipinski definition) is 2. The van der Waals surface area contributed by atoms with Crippen molar-refractivity contribution in [1.29, 1.82) is 0 Å². The number of rotatable bonds is 4. The quantitative estimate of drug-likeness (QED) is 0.836. The van der Waals surface area contributed by atoms with Crippen LogP contribution in [0.1, 0.15) is 29.3 Å². The highest BCUT2D eigenvalue weighted by molar-refractivity contribution is 9.09. The molecule has 0 spiro atoms. The fourth-order valence-electron chi connectivity index (χ4n) is 1.32. The van der Waals surface area contributed by atoms with E-state index < -0.39 is 0 Å². The minimum atomic E-state index is -0.102. The molecule has 3 nitrogen and oxygen atoms in total. The molecule has 1 unspecified atom stereocenters. The van der Waals surface area contributed by atoms with Crippen LogP contribution >= 0.6 is 15.9 Å². The van der Waals surface area contributed by atoms with E-state index in [-0.39, 0.29) is 17.7 Å². The van der Waals surface area contributed by atoms with Gasteiger partial charge in [0.05, 0.1) is 0 Å². The third-order valence-electron chi connectivity index (χ3n) is 2.47. The van der Waals surface area contributed by atoms with E-state index >= 15 is 0 Å². The number of halogens is 1. The fourth-order valence-corrected chi connectivity index (χ4v) is 1.93. The van der Waals surface area contributed by atoms with Gasteiger partial charge in [-0.15, -0.1) is 0 Å². The first-order valence-electron chi connectivity index (χ1n) is 5.25. The smallest absolute Gasteiger partial charge is 0.251 e. The van der Waals surface area contributed by atoms with E-state index in [9.17, 15) is 9.90 Å². The number of aromatic hydroxyl groups is 1. The first kappa shape index (κ1) is 13.0. The summed E-state index contributed by atoms with van der Waals surface area (Å²) in [7, 11) is 0. The number of alkyl halides is 1. The number of aryl methyl sites for hydroxylation is 1. The largest absolute Gasteiger partial charge is 0.508 e. The monoisotopic (exact) mass is 285 g/mol. The Hall–Kier alpha value is -1.03. The molecule has 0 fully saturated rings. The van der Waals surface area contributed by atoms with E-state index in [1.54, 1.807) is 25.1 Å². The van der Waals surface area contributed by atoms with Crippen molar-refractivity contribution in [1.82, 2.24) is 5.32 Å². The Morgan fingerprint density at radius 3 is 2.75 bits per heavy atom. The molecule has 88 valence electrons. The first-order valence-corrected chi connectivity index (χ1v) is 6.37. The maximum Gasteiger partial charge on any atom is 0.251 e. The highest BCUT2D eigenvalue weighted by atomic mass is 79.9. The molecule has 0 bridgehead atoms. The van der Waals surface area contributed by atoms with Gasteiger partial charge in [-0.2, -0.15) is 0 Å². The summed E-state index contributed by atoms with van der Waals surface area (Å²) < 4.78 is 0. The zero-order chi connectivity index (χ0) is 12.1. The van der Waals surface area contributed by atoms with Gasteiger partial charge in [0, 0.05) is 16.9 Å². The lowest BCUT2D eigenvalue weighted by molar-refractivity contribution is 0.0940. The molecule has 16 heavy (non-hydrogen) atoms. The van der Waals surface area contributed by atoms with Crippen LogP contribution in [0.5, 0.6) is 5.75 Å². The van der Waals surface area contributed by atoms with Crippen molar-refractivity contribution in [3.05, 3.63) is 29.3 Å². The molecule has 0 aliphatic rings. The van der Waals surface area contributed by atoms with Gasteiger partial charge in [0.25, 0.3) is 5.91 Å². The number of hydrogen-bond acceptors (Lipinski definition) is 2. The maximum atomic E-state index is 11.8. The Labute approximate surface area is 104 Å². The molecule has 0 aliphatic carbocycles. The van der Waals surface area contributed by atoms with Crippen molar-refractivity contribution in [3.63, 3.8) is 0 Å². The van der Waals surface area contributed by atoms with Gasteiger partial charge in [0.15, 0.2) is 0 Å². The van der Waals surface area contributed by atoms with E-state index in [1.165, 1.54) is 0 Å². The van der Waals surface area contributed by atoms with Gasteiger partial charge in [-0.05, 0) is 37.1 Å². The van der Waals surface area contributed by atoms with Crippen molar-refractivity contribution in [3.8, 4) is 5.75 Å². The predicted octanol–water partition coefficient (Wildman–Crippen LogP) is 2.60. The van der Waals surface area contributed by atoms with E-state index in [0.29, 0.717) is 11.1 Å². The van der Waals surface area contributed by atoms with Crippen LogP contribution in [0.2, 0.25) is 0 Å². The first-order chi connectivity index (χ1) is 7.58. The molecule has 0 saturated carbocycles. The minimum absolute atomic E-state index is 0.102. The zero-order valence-electron chi connectivity index (χ0n) is 9.46. The molecule has 1 aromatic rings. The van der Waals surface area contributed by atoms with Crippen LogP contribution < -0.4 is 5.32 Å². The molecular weight excluding hydrogens is 270 g/mol. The molecule has 1 amide bonds. The van der Waals surface area contributed by atoms with Crippen LogP contribution in [0.4, 0.5) is 0 Å². The lowest BCUT2D eigenvalue weighted by atomic mass is 10.1. The van der Waals surface area contributed by atoms with Crippen LogP contribution in [-0.4, -0.2) is 22.4 Å². The topological polar surface area (TPSA) is 49.3 Å². The summed E-state index contributed by atoms with van der Waals surface area (Å²) in [4.78, 5) is 11.8. The predicted molar refractivity (Wildman–Crippen MR) is 68.2 cm³/mol. The van der Waals surface area contributed by atoms with Gasteiger partial charge < -0.3 is 10.4 Å².